The van der Waals surface area contributed by atoms with E-state index in [0.29, 0.717) is 10.0 Å². The molecule has 3 aliphatic carbocycles. The highest BCUT2D eigenvalue weighted by Gasteiger charge is 2.39. The van der Waals surface area contributed by atoms with E-state index in [1.165, 1.54) is 100 Å². The van der Waals surface area contributed by atoms with Gasteiger partial charge in [0.1, 0.15) is 12.7 Å². The van der Waals surface area contributed by atoms with Crippen LogP contribution in [0.3, 0.4) is 0 Å². The number of rotatable bonds is 15. The van der Waals surface area contributed by atoms with Crippen LogP contribution >= 0.6 is 23.2 Å². The minimum atomic E-state index is -0.143. The minimum absolute atomic E-state index is 0.0286. The fourth-order valence-corrected chi connectivity index (χ4v) is 18.4. The minimum Gasteiger partial charge on any atom is -0.356 e. The van der Waals surface area contributed by atoms with Crippen molar-refractivity contribution in [1.82, 2.24) is 19.9 Å². The molecule has 7 nitrogen and oxygen atoms in total. The number of nitrogens with one attached hydrogen (secondary N) is 1. The molecule has 0 fully saturated rings. The Morgan fingerprint density at radius 1 is 0.205 bits per heavy atom. The molecule has 0 aliphatic heterocycles. The van der Waals surface area contributed by atoms with Crippen LogP contribution in [0.2, 0.25) is 10.0 Å². The van der Waals surface area contributed by atoms with Crippen molar-refractivity contribution in [3.63, 3.8) is 0 Å². The van der Waals surface area contributed by atoms with Gasteiger partial charge in [-0.15, -0.1) is 0 Å². The number of hydrogen-bond donors (Lipinski definition) is 1. The molecule has 1 N–H and O–H groups in total. The van der Waals surface area contributed by atoms with Gasteiger partial charge in [-0.25, -0.2) is 19.9 Å². The van der Waals surface area contributed by atoms with Gasteiger partial charge in [0.05, 0.1) is 22.8 Å². The summed E-state index contributed by atoms with van der Waals surface area (Å²) in [5.74, 6) is 0. The average molecular weight is 1610 g/mol. The Labute approximate surface area is 724 Å². The Morgan fingerprint density at radius 3 is 0.844 bits per heavy atom. The van der Waals surface area contributed by atoms with Crippen LogP contribution in [0, 0.1) is 0 Å². The van der Waals surface area contributed by atoms with Crippen LogP contribution in [-0.4, -0.2) is 19.9 Å². The summed E-state index contributed by atoms with van der Waals surface area (Å²) >= 11 is 12.0. The number of halogens is 2. The molecule has 16 aromatic carbocycles. The van der Waals surface area contributed by atoms with Gasteiger partial charge in [-0.3, -0.25) is 0 Å². The third-order valence-electron chi connectivity index (χ3n) is 24.4. The summed E-state index contributed by atoms with van der Waals surface area (Å²) in [7, 11) is 0. The SMILES string of the molecule is CC1(C)c2ccccc2-c2ccc(N(c3ccc(-c4ccccc4)cc3)c3cccc(-c4cc(-c5cccc(N(c6ccc(-c7ccccc7)cc6)c6ccc7c(c6)C(C)(C)c6ccccc6-7)c5)ncn4)c3)cc21.CC1(C)c2ccccc2-c2ccc(Nc3ccc(-c4ccccc4)cc3)cc21.Clc1cccc(-c2cc(-c3cccc(Cl)c3)ncn2)c1. The number of anilines is 8. The number of benzene rings is 16. The summed E-state index contributed by atoms with van der Waals surface area (Å²) in [4.78, 5) is 23.2. The lowest BCUT2D eigenvalue weighted by Crippen LogP contribution is -2.16. The van der Waals surface area contributed by atoms with Gasteiger partial charge < -0.3 is 15.1 Å². The molecular formula is C113H87Cl2N7. The van der Waals surface area contributed by atoms with E-state index in [4.69, 9.17) is 33.2 Å². The highest BCUT2D eigenvalue weighted by atomic mass is 35.5. The highest BCUT2D eigenvalue weighted by Crippen LogP contribution is 2.54. The first-order valence-corrected chi connectivity index (χ1v) is 42.2. The molecule has 18 aromatic rings. The molecule has 0 saturated carbocycles. The Hall–Kier alpha value is -14.3. The summed E-state index contributed by atoms with van der Waals surface area (Å²) in [5, 5.41) is 4.95. The molecule has 21 rings (SSSR count). The fourth-order valence-electron chi connectivity index (χ4n) is 18.0. The molecule has 2 aromatic heterocycles. The van der Waals surface area contributed by atoms with Crippen LogP contribution in [0.4, 0.5) is 45.5 Å². The van der Waals surface area contributed by atoms with Gasteiger partial charge in [0.2, 0.25) is 0 Å². The van der Waals surface area contributed by atoms with Crippen molar-refractivity contribution in [1.29, 1.82) is 0 Å². The molecule has 0 atom stereocenters. The summed E-state index contributed by atoms with van der Waals surface area (Å²) in [6, 6.07) is 142. The molecule has 0 bridgehead atoms. The lowest BCUT2D eigenvalue weighted by molar-refractivity contribution is 0.660. The Bertz CT molecular complexity index is 6590. The fraction of sp³-hybridized carbons (Fsp3) is 0.0796. The Balaban J connectivity index is 0.000000164. The van der Waals surface area contributed by atoms with Crippen molar-refractivity contribution < 1.29 is 0 Å². The van der Waals surface area contributed by atoms with E-state index in [0.717, 1.165) is 90.5 Å². The molecular weight excluding hydrogens is 1530 g/mol. The Morgan fingerprint density at radius 2 is 0.475 bits per heavy atom. The summed E-state index contributed by atoms with van der Waals surface area (Å²) in [6.45, 7) is 14.0. The maximum absolute atomic E-state index is 6.01. The van der Waals surface area contributed by atoms with Crippen molar-refractivity contribution in [2.24, 2.45) is 0 Å². The van der Waals surface area contributed by atoms with E-state index in [-0.39, 0.29) is 16.2 Å². The van der Waals surface area contributed by atoms with Crippen LogP contribution in [0.25, 0.3) is 112 Å². The molecule has 0 unspecified atom stereocenters. The Kier molecular flexibility index (Phi) is 20.8. The third kappa shape index (κ3) is 15.2. The molecule has 3 aliphatic rings. The van der Waals surface area contributed by atoms with Gasteiger partial charge in [0.15, 0.2) is 0 Å². The van der Waals surface area contributed by atoms with E-state index < -0.39 is 0 Å². The molecule has 0 spiro atoms. The molecule has 122 heavy (non-hydrogen) atoms. The average Bonchev–Trinajstić information content (AvgIpc) is 1.59. The zero-order chi connectivity index (χ0) is 83.1. The van der Waals surface area contributed by atoms with Crippen molar-refractivity contribution >= 4 is 68.7 Å². The van der Waals surface area contributed by atoms with Gasteiger partial charge in [0, 0.05) is 94.0 Å². The van der Waals surface area contributed by atoms with Gasteiger partial charge in [0.25, 0.3) is 0 Å². The number of nitrogens with zero attached hydrogens (tertiary/aromatic N) is 6. The molecule has 0 amide bonds. The van der Waals surface area contributed by atoms with Crippen molar-refractivity contribution in [3.05, 3.63) is 456 Å². The maximum atomic E-state index is 6.01. The monoisotopic (exact) mass is 1610 g/mol. The lowest BCUT2D eigenvalue weighted by Gasteiger charge is -2.28. The number of fused-ring (bicyclic) bond motifs is 9. The molecule has 2 heterocycles. The molecule has 0 radical (unpaired) electrons. The zero-order valence-electron chi connectivity index (χ0n) is 68.7. The standard InChI is InChI=1S/C70H54N4.C27H23N.C16H10Cl2N2/c1-69(2)63-27-13-11-25-59(63)61-39-37-57(43-65(61)69)73(53-33-29-49(30-34-53)47-17-7-5-8-18-47)55-23-15-21-51(41-55)67-45-68(72-46-71-67)52-22-16-24-56(42-52)74(54-35-31-50(32-36-54)48-19-9-6-10-20-48)58-38-40-62-60-26-12-14-28-64(60)70(3,4)66(62)44-58;1-27(2)25-11-7-6-10-23(25)24-17-16-22(18-26(24)27)28-21-14-12-20(13-15-21)19-8-4-3-5-9-19;17-13-5-1-3-11(7-13)15-9-16(20-10-19-15)12-4-2-6-14(18)8-12/h5-46H,1-4H3;3-18,28H,1-2H3;1-10H. The topological polar surface area (TPSA) is 70.1 Å². The number of hydrogen-bond acceptors (Lipinski definition) is 7. The van der Waals surface area contributed by atoms with E-state index in [1.807, 2.05) is 60.7 Å². The van der Waals surface area contributed by atoms with Gasteiger partial charge in [-0.05, 0) is 234 Å². The highest BCUT2D eigenvalue weighted by molar-refractivity contribution is 6.31. The van der Waals surface area contributed by atoms with Gasteiger partial charge in [-0.1, -0.05) is 332 Å². The summed E-state index contributed by atoms with van der Waals surface area (Å²) in [5.41, 5.74) is 39.0. The van der Waals surface area contributed by atoms with Crippen LogP contribution in [-0.2, 0) is 16.2 Å². The lowest BCUT2D eigenvalue weighted by atomic mass is 9.82. The van der Waals surface area contributed by atoms with Crippen LogP contribution in [0.1, 0.15) is 74.9 Å². The van der Waals surface area contributed by atoms with E-state index in [2.05, 4.69) is 406 Å². The second kappa shape index (κ2) is 32.8. The predicted octanol–water partition coefficient (Wildman–Crippen LogP) is 31.2. The summed E-state index contributed by atoms with van der Waals surface area (Å²) in [6.07, 6.45) is 3.25. The van der Waals surface area contributed by atoms with E-state index >= 15 is 0 Å². The number of aromatic nitrogens is 4. The molecule has 9 heteroatoms. The van der Waals surface area contributed by atoms with Crippen molar-refractivity contribution in [2.45, 2.75) is 57.8 Å². The first-order chi connectivity index (χ1) is 59.5. The second-order valence-electron chi connectivity index (χ2n) is 33.0. The largest absolute Gasteiger partial charge is 0.356 e. The van der Waals surface area contributed by atoms with Gasteiger partial charge in [-0.2, -0.15) is 0 Å². The second-order valence-corrected chi connectivity index (χ2v) is 33.9. The predicted molar refractivity (Wildman–Crippen MR) is 510 cm³/mol. The third-order valence-corrected chi connectivity index (χ3v) is 24.8. The molecule has 0 saturated heterocycles. The van der Waals surface area contributed by atoms with Crippen LogP contribution < -0.4 is 15.1 Å². The van der Waals surface area contributed by atoms with Crippen molar-refractivity contribution in [2.75, 3.05) is 15.1 Å². The molecule has 588 valence electrons. The van der Waals surface area contributed by atoms with E-state index in [1.54, 1.807) is 12.7 Å². The van der Waals surface area contributed by atoms with Crippen LogP contribution in [0.5, 0.6) is 0 Å². The van der Waals surface area contributed by atoms with Gasteiger partial charge >= 0.3 is 0 Å². The van der Waals surface area contributed by atoms with Crippen molar-refractivity contribution in [3.8, 4) is 112 Å². The first kappa shape index (κ1) is 77.6. The van der Waals surface area contributed by atoms with E-state index in [9.17, 15) is 0 Å². The van der Waals surface area contributed by atoms with Crippen LogP contribution in [0.15, 0.2) is 413 Å². The quantitative estimate of drug-likeness (QED) is 0.110. The smallest absolute Gasteiger partial charge is 0.116 e. The summed E-state index contributed by atoms with van der Waals surface area (Å²) < 4.78 is 0. The maximum Gasteiger partial charge on any atom is 0.116 e. The normalized spacial score (nSPS) is 13.0. The zero-order valence-corrected chi connectivity index (χ0v) is 70.2. The first-order valence-electron chi connectivity index (χ1n) is 41.5.